The van der Waals surface area contributed by atoms with Gasteiger partial charge in [0, 0.05) is 25.2 Å². The van der Waals surface area contributed by atoms with Crippen LogP contribution in [0.15, 0.2) is 29.3 Å². The molecule has 0 amide bonds. The molecule has 4 nitrogen and oxygen atoms in total. The van der Waals surface area contributed by atoms with Crippen LogP contribution in [0.4, 0.5) is 0 Å². The minimum atomic E-state index is 0. The number of guanidine groups is 1. The molecule has 0 bridgehead atoms. The van der Waals surface area contributed by atoms with Crippen LogP contribution in [0.25, 0.3) is 0 Å². The zero-order chi connectivity index (χ0) is 15.1. The number of ether oxygens (including phenoxy) is 1. The number of aliphatic imine (C=N–C) groups is 1. The Kier molecular flexibility index (Phi) is 8.60. The number of para-hydroxylation sites is 1. The average Bonchev–Trinajstić information content (AvgIpc) is 3.23. The van der Waals surface area contributed by atoms with Crippen LogP contribution in [0.1, 0.15) is 38.7 Å². The highest BCUT2D eigenvalue weighted by molar-refractivity contribution is 14.0. The highest BCUT2D eigenvalue weighted by Crippen LogP contribution is 2.34. The number of halogens is 1. The number of hydrogen-bond donors (Lipinski definition) is 2. The molecule has 2 rings (SSSR count). The van der Waals surface area contributed by atoms with Crippen molar-refractivity contribution < 1.29 is 4.74 Å². The van der Waals surface area contributed by atoms with Gasteiger partial charge in [-0.25, -0.2) is 0 Å². The lowest BCUT2D eigenvalue weighted by Crippen LogP contribution is -2.38. The fourth-order valence-corrected chi connectivity index (χ4v) is 2.61. The predicted octanol–water partition coefficient (Wildman–Crippen LogP) is 3.56. The number of rotatable bonds is 7. The van der Waals surface area contributed by atoms with Crippen molar-refractivity contribution in [3.8, 4) is 5.75 Å². The van der Waals surface area contributed by atoms with Crippen LogP contribution in [-0.2, 0) is 6.54 Å². The number of benzene rings is 1. The molecule has 1 aliphatic carbocycles. The third-order valence-electron chi connectivity index (χ3n) is 3.85. The van der Waals surface area contributed by atoms with Gasteiger partial charge in [-0.15, -0.1) is 24.0 Å². The van der Waals surface area contributed by atoms with Gasteiger partial charge in [0.25, 0.3) is 0 Å². The zero-order valence-corrected chi connectivity index (χ0v) is 16.1. The summed E-state index contributed by atoms with van der Waals surface area (Å²) in [6, 6.07) is 8.73. The number of nitrogens with zero attached hydrogens (tertiary/aromatic N) is 1. The van der Waals surface area contributed by atoms with Crippen molar-refractivity contribution in [1.82, 2.24) is 10.6 Å². The van der Waals surface area contributed by atoms with Crippen molar-refractivity contribution in [2.24, 2.45) is 10.9 Å². The van der Waals surface area contributed by atoms with E-state index in [2.05, 4.69) is 28.6 Å². The summed E-state index contributed by atoms with van der Waals surface area (Å²) < 4.78 is 5.65. The maximum atomic E-state index is 5.65. The summed E-state index contributed by atoms with van der Waals surface area (Å²) in [5, 5.41) is 6.87. The third-order valence-corrected chi connectivity index (χ3v) is 3.85. The molecule has 0 radical (unpaired) electrons. The highest BCUT2D eigenvalue weighted by atomic mass is 127. The highest BCUT2D eigenvalue weighted by Gasteiger charge is 2.36. The van der Waals surface area contributed by atoms with Gasteiger partial charge in [0.1, 0.15) is 5.75 Å². The van der Waals surface area contributed by atoms with E-state index >= 15 is 0 Å². The number of nitrogens with one attached hydrogen (secondary N) is 2. The first kappa shape index (κ1) is 19.1. The third kappa shape index (κ3) is 5.66. The molecule has 0 saturated heterocycles. The molecular formula is C17H28IN3O. The lowest BCUT2D eigenvalue weighted by Gasteiger charge is -2.14. The Morgan fingerprint density at radius 1 is 1.32 bits per heavy atom. The van der Waals surface area contributed by atoms with Gasteiger partial charge in [0.2, 0.25) is 0 Å². The summed E-state index contributed by atoms with van der Waals surface area (Å²) in [6.07, 6.45) is 3.84. The molecule has 1 aromatic rings. The normalized spacial score (nSPS) is 20.0. The summed E-state index contributed by atoms with van der Waals surface area (Å²) in [5.41, 5.74) is 1.16. The van der Waals surface area contributed by atoms with Crippen molar-refractivity contribution >= 4 is 29.9 Å². The van der Waals surface area contributed by atoms with Crippen LogP contribution in [0.5, 0.6) is 5.75 Å². The van der Waals surface area contributed by atoms with E-state index in [0.717, 1.165) is 29.7 Å². The lowest BCUT2D eigenvalue weighted by atomic mass is 10.2. The SMILES string of the molecule is CCCC1CC1NC(=NC)NCc1ccccc1OCC.I. The summed E-state index contributed by atoms with van der Waals surface area (Å²) >= 11 is 0. The molecule has 5 heteroatoms. The Morgan fingerprint density at radius 2 is 2.09 bits per heavy atom. The summed E-state index contributed by atoms with van der Waals surface area (Å²) in [7, 11) is 1.82. The molecule has 1 aromatic carbocycles. The second-order valence-corrected chi connectivity index (χ2v) is 5.50. The summed E-state index contributed by atoms with van der Waals surface area (Å²) in [5.74, 6) is 2.65. The van der Waals surface area contributed by atoms with E-state index in [9.17, 15) is 0 Å². The average molecular weight is 417 g/mol. The van der Waals surface area contributed by atoms with E-state index in [1.54, 1.807) is 0 Å². The molecule has 1 aliphatic rings. The van der Waals surface area contributed by atoms with Gasteiger partial charge < -0.3 is 15.4 Å². The van der Waals surface area contributed by atoms with E-state index in [4.69, 9.17) is 4.74 Å². The van der Waals surface area contributed by atoms with Crippen LogP contribution in [-0.4, -0.2) is 25.7 Å². The molecule has 1 saturated carbocycles. The quantitative estimate of drug-likeness (QED) is 0.405. The fraction of sp³-hybridized carbons (Fsp3) is 0.588. The van der Waals surface area contributed by atoms with Crippen LogP contribution >= 0.6 is 24.0 Å². The van der Waals surface area contributed by atoms with Crippen LogP contribution < -0.4 is 15.4 Å². The Balaban J connectivity index is 0.00000242. The smallest absolute Gasteiger partial charge is 0.191 e. The van der Waals surface area contributed by atoms with Crippen molar-refractivity contribution in [2.45, 2.75) is 45.7 Å². The van der Waals surface area contributed by atoms with Crippen molar-refractivity contribution in [1.29, 1.82) is 0 Å². The van der Waals surface area contributed by atoms with E-state index in [1.807, 2.05) is 32.2 Å². The van der Waals surface area contributed by atoms with Gasteiger partial charge in [0.15, 0.2) is 5.96 Å². The Labute approximate surface area is 151 Å². The van der Waals surface area contributed by atoms with Gasteiger partial charge in [-0.2, -0.15) is 0 Å². The van der Waals surface area contributed by atoms with Gasteiger partial charge in [-0.1, -0.05) is 31.5 Å². The predicted molar refractivity (Wildman–Crippen MR) is 103 cm³/mol. The molecule has 2 atom stereocenters. The maximum absolute atomic E-state index is 5.65. The Bertz CT molecular complexity index is 479. The number of hydrogen-bond acceptors (Lipinski definition) is 2. The van der Waals surface area contributed by atoms with Gasteiger partial charge in [-0.05, 0) is 31.7 Å². The van der Waals surface area contributed by atoms with Gasteiger partial charge >= 0.3 is 0 Å². The molecule has 2 unspecified atom stereocenters. The van der Waals surface area contributed by atoms with Crippen LogP contribution in [0.3, 0.4) is 0 Å². The first-order valence-corrected chi connectivity index (χ1v) is 7.96. The van der Waals surface area contributed by atoms with Crippen LogP contribution in [0, 0.1) is 5.92 Å². The van der Waals surface area contributed by atoms with E-state index < -0.39 is 0 Å². The van der Waals surface area contributed by atoms with Crippen molar-refractivity contribution in [3.05, 3.63) is 29.8 Å². The first-order valence-electron chi connectivity index (χ1n) is 7.96. The molecule has 22 heavy (non-hydrogen) atoms. The molecule has 0 spiro atoms. The fourth-order valence-electron chi connectivity index (χ4n) is 2.61. The zero-order valence-electron chi connectivity index (χ0n) is 13.8. The molecular weight excluding hydrogens is 389 g/mol. The molecule has 1 fully saturated rings. The first-order chi connectivity index (χ1) is 10.3. The monoisotopic (exact) mass is 417 g/mol. The molecule has 0 aromatic heterocycles. The minimum absolute atomic E-state index is 0. The minimum Gasteiger partial charge on any atom is -0.494 e. The Hall–Kier alpha value is -0.980. The molecule has 0 heterocycles. The second-order valence-electron chi connectivity index (χ2n) is 5.50. The molecule has 0 aliphatic heterocycles. The van der Waals surface area contributed by atoms with E-state index in [0.29, 0.717) is 12.6 Å². The lowest BCUT2D eigenvalue weighted by molar-refractivity contribution is 0.336. The molecule has 2 N–H and O–H groups in total. The summed E-state index contributed by atoms with van der Waals surface area (Å²) in [6.45, 7) is 5.66. The van der Waals surface area contributed by atoms with Crippen LogP contribution in [0.2, 0.25) is 0 Å². The van der Waals surface area contributed by atoms with Crippen molar-refractivity contribution in [2.75, 3.05) is 13.7 Å². The summed E-state index contributed by atoms with van der Waals surface area (Å²) in [4.78, 5) is 4.31. The topological polar surface area (TPSA) is 45.7 Å². The largest absolute Gasteiger partial charge is 0.494 e. The van der Waals surface area contributed by atoms with Gasteiger partial charge in [-0.3, -0.25) is 4.99 Å². The maximum Gasteiger partial charge on any atom is 0.191 e. The Morgan fingerprint density at radius 3 is 2.77 bits per heavy atom. The van der Waals surface area contributed by atoms with E-state index in [-0.39, 0.29) is 24.0 Å². The van der Waals surface area contributed by atoms with Gasteiger partial charge in [0.05, 0.1) is 6.61 Å². The standard InChI is InChI=1S/C17H27N3O.HI/c1-4-8-13-11-15(13)20-17(18-3)19-12-14-9-6-7-10-16(14)21-5-2;/h6-7,9-10,13,15H,4-5,8,11-12H2,1-3H3,(H2,18,19,20);1H. The molecule has 124 valence electrons. The van der Waals surface area contributed by atoms with E-state index in [1.165, 1.54) is 19.3 Å². The second kappa shape index (κ2) is 9.92. The van der Waals surface area contributed by atoms with Crippen molar-refractivity contribution in [3.63, 3.8) is 0 Å².